The molecule has 0 spiro atoms. The molecule has 0 heterocycles. The Hall–Kier alpha value is -0.610. The Labute approximate surface area is 104 Å². The first-order valence-electron chi connectivity index (χ1n) is 6.54. The van der Waals surface area contributed by atoms with Crippen molar-refractivity contribution in [1.29, 1.82) is 0 Å². The predicted octanol–water partition coefficient (Wildman–Crippen LogP) is 1.86. The average molecular weight is 243 g/mol. The van der Waals surface area contributed by atoms with E-state index in [-0.39, 0.29) is 11.5 Å². The van der Waals surface area contributed by atoms with Gasteiger partial charge in [-0.2, -0.15) is 0 Å². The van der Waals surface area contributed by atoms with E-state index in [9.17, 15) is 4.79 Å². The molecular weight excluding hydrogens is 218 g/mol. The Balaban J connectivity index is 2.05. The molecule has 2 N–H and O–H groups in total. The van der Waals surface area contributed by atoms with Gasteiger partial charge in [0.25, 0.3) is 0 Å². The molecule has 100 valence electrons. The quantitative estimate of drug-likeness (QED) is 0.547. The summed E-state index contributed by atoms with van der Waals surface area (Å²) in [7, 11) is 0. The maximum Gasteiger partial charge on any atom is 0.307 e. The SMILES string of the molecule is CC(C)COCCOC(=O)CC1(N)CCCC1. The number of carbonyl (C=O) groups excluding carboxylic acids is 1. The van der Waals surface area contributed by atoms with E-state index in [1.165, 1.54) is 0 Å². The van der Waals surface area contributed by atoms with Crippen molar-refractivity contribution >= 4 is 5.97 Å². The third-order valence-electron chi connectivity index (χ3n) is 3.04. The summed E-state index contributed by atoms with van der Waals surface area (Å²) < 4.78 is 10.4. The maximum absolute atomic E-state index is 11.5. The standard InChI is InChI=1S/C13H25NO3/c1-11(2)10-16-7-8-17-12(15)9-13(14)5-3-4-6-13/h11H,3-10,14H2,1-2H3. The van der Waals surface area contributed by atoms with E-state index in [1.54, 1.807) is 0 Å². The summed E-state index contributed by atoms with van der Waals surface area (Å²) in [5.41, 5.74) is 5.79. The summed E-state index contributed by atoms with van der Waals surface area (Å²) in [5.74, 6) is 0.319. The Morgan fingerprint density at radius 3 is 2.53 bits per heavy atom. The van der Waals surface area contributed by atoms with Crippen LogP contribution in [0.2, 0.25) is 0 Å². The number of carbonyl (C=O) groups is 1. The Morgan fingerprint density at radius 1 is 1.29 bits per heavy atom. The maximum atomic E-state index is 11.5. The van der Waals surface area contributed by atoms with Crippen LogP contribution in [0.15, 0.2) is 0 Å². The fraction of sp³-hybridized carbons (Fsp3) is 0.923. The van der Waals surface area contributed by atoms with Gasteiger partial charge in [-0.05, 0) is 18.8 Å². The largest absolute Gasteiger partial charge is 0.463 e. The lowest BCUT2D eigenvalue weighted by atomic mass is 9.95. The lowest BCUT2D eigenvalue weighted by Gasteiger charge is -2.21. The molecule has 0 aromatic carbocycles. The Kier molecular flexibility index (Phi) is 5.92. The molecule has 17 heavy (non-hydrogen) atoms. The first-order valence-corrected chi connectivity index (χ1v) is 6.54. The van der Waals surface area contributed by atoms with Gasteiger partial charge in [-0.3, -0.25) is 4.79 Å². The smallest absolute Gasteiger partial charge is 0.307 e. The average Bonchev–Trinajstić information content (AvgIpc) is 2.63. The van der Waals surface area contributed by atoms with E-state index in [0.29, 0.717) is 32.2 Å². The van der Waals surface area contributed by atoms with Crippen molar-refractivity contribution in [2.45, 2.75) is 51.5 Å². The van der Waals surface area contributed by atoms with E-state index in [4.69, 9.17) is 15.2 Å². The second kappa shape index (κ2) is 6.97. The van der Waals surface area contributed by atoms with Gasteiger partial charge in [0.15, 0.2) is 0 Å². The topological polar surface area (TPSA) is 61.5 Å². The predicted molar refractivity (Wildman–Crippen MR) is 66.6 cm³/mol. The summed E-state index contributed by atoms with van der Waals surface area (Å²) in [6.07, 6.45) is 4.47. The van der Waals surface area contributed by atoms with Gasteiger partial charge in [-0.15, -0.1) is 0 Å². The van der Waals surface area contributed by atoms with Crippen molar-refractivity contribution in [1.82, 2.24) is 0 Å². The molecule has 4 nitrogen and oxygen atoms in total. The van der Waals surface area contributed by atoms with Crippen molar-refractivity contribution < 1.29 is 14.3 Å². The van der Waals surface area contributed by atoms with Crippen molar-refractivity contribution in [3.8, 4) is 0 Å². The van der Waals surface area contributed by atoms with Crippen LogP contribution in [0.3, 0.4) is 0 Å². The van der Waals surface area contributed by atoms with E-state index in [1.807, 2.05) is 0 Å². The van der Waals surface area contributed by atoms with Crippen LogP contribution in [-0.2, 0) is 14.3 Å². The Morgan fingerprint density at radius 2 is 1.94 bits per heavy atom. The summed E-state index contributed by atoms with van der Waals surface area (Å²) in [6.45, 7) is 5.69. The monoisotopic (exact) mass is 243 g/mol. The molecule has 0 aromatic rings. The minimum absolute atomic E-state index is 0.192. The summed E-state index contributed by atoms with van der Waals surface area (Å²) in [4.78, 5) is 11.5. The molecule has 4 heteroatoms. The summed E-state index contributed by atoms with van der Waals surface area (Å²) in [5, 5.41) is 0. The molecule has 0 bridgehead atoms. The van der Waals surface area contributed by atoms with Gasteiger partial charge in [0.05, 0.1) is 13.0 Å². The van der Waals surface area contributed by atoms with E-state index in [0.717, 1.165) is 25.7 Å². The highest BCUT2D eigenvalue weighted by atomic mass is 16.6. The van der Waals surface area contributed by atoms with Crippen molar-refractivity contribution in [2.24, 2.45) is 11.7 Å². The number of nitrogens with two attached hydrogens (primary N) is 1. The number of hydrogen-bond acceptors (Lipinski definition) is 4. The van der Waals surface area contributed by atoms with Gasteiger partial charge in [-0.1, -0.05) is 26.7 Å². The molecule has 0 amide bonds. The zero-order valence-electron chi connectivity index (χ0n) is 11.0. The molecule has 1 rings (SSSR count). The van der Waals surface area contributed by atoms with Gasteiger partial charge in [0.2, 0.25) is 0 Å². The summed E-state index contributed by atoms with van der Waals surface area (Å²) in [6, 6.07) is 0. The summed E-state index contributed by atoms with van der Waals surface area (Å²) >= 11 is 0. The molecule has 0 unspecified atom stereocenters. The van der Waals surface area contributed by atoms with Crippen LogP contribution in [0, 0.1) is 5.92 Å². The van der Waals surface area contributed by atoms with Crippen LogP contribution >= 0.6 is 0 Å². The zero-order valence-corrected chi connectivity index (χ0v) is 11.0. The minimum Gasteiger partial charge on any atom is -0.463 e. The molecular formula is C13H25NO3. The third-order valence-corrected chi connectivity index (χ3v) is 3.04. The van der Waals surface area contributed by atoms with E-state index >= 15 is 0 Å². The molecule has 1 fully saturated rings. The Bertz CT molecular complexity index is 235. The van der Waals surface area contributed by atoms with Gasteiger partial charge < -0.3 is 15.2 Å². The molecule has 0 atom stereocenters. The van der Waals surface area contributed by atoms with Crippen LogP contribution in [0.25, 0.3) is 0 Å². The van der Waals surface area contributed by atoms with E-state index in [2.05, 4.69) is 13.8 Å². The lowest BCUT2D eigenvalue weighted by molar-refractivity contribution is -0.146. The normalized spacial score (nSPS) is 18.6. The molecule has 0 saturated heterocycles. The fourth-order valence-electron chi connectivity index (χ4n) is 2.13. The van der Waals surface area contributed by atoms with Gasteiger partial charge in [0, 0.05) is 12.1 Å². The van der Waals surface area contributed by atoms with Crippen molar-refractivity contribution in [2.75, 3.05) is 19.8 Å². The number of rotatable bonds is 7. The van der Waals surface area contributed by atoms with Crippen molar-refractivity contribution in [3.63, 3.8) is 0 Å². The fourth-order valence-corrected chi connectivity index (χ4v) is 2.13. The molecule has 0 aromatic heterocycles. The first-order chi connectivity index (χ1) is 8.02. The van der Waals surface area contributed by atoms with Gasteiger partial charge in [0.1, 0.15) is 6.61 Å². The van der Waals surface area contributed by atoms with E-state index < -0.39 is 0 Å². The molecule has 0 radical (unpaired) electrons. The van der Waals surface area contributed by atoms with Crippen LogP contribution in [0.5, 0.6) is 0 Å². The van der Waals surface area contributed by atoms with Crippen molar-refractivity contribution in [3.05, 3.63) is 0 Å². The van der Waals surface area contributed by atoms with Crippen LogP contribution in [-0.4, -0.2) is 31.3 Å². The van der Waals surface area contributed by atoms with Crippen LogP contribution in [0.4, 0.5) is 0 Å². The number of hydrogen-bond donors (Lipinski definition) is 1. The van der Waals surface area contributed by atoms with Gasteiger partial charge in [-0.25, -0.2) is 0 Å². The highest BCUT2D eigenvalue weighted by Gasteiger charge is 2.32. The molecule has 1 aliphatic carbocycles. The number of esters is 1. The molecule has 1 saturated carbocycles. The van der Waals surface area contributed by atoms with Crippen LogP contribution < -0.4 is 5.73 Å². The second-order valence-electron chi connectivity index (χ2n) is 5.44. The van der Waals surface area contributed by atoms with Gasteiger partial charge >= 0.3 is 5.97 Å². The number of ether oxygens (including phenoxy) is 2. The van der Waals surface area contributed by atoms with Crippen LogP contribution in [0.1, 0.15) is 46.0 Å². The third kappa shape index (κ3) is 6.03. The molecule has 1 aliphatic rings. The zero-order chi connectivity index (χ0) is 12.7. The minimum atomic E-state index is -0.310. The highest BCUT2D eigenvalue weighted by molar-refractivity contribution is 5.70. The second-order valence-corrected chi connectivity index (χ2v) is 5.44. The lowest BCUT2D eigenvalue weighted by Crippen LogP contribution is -2.39. The first kappa shape index (κ1) is 14.5. The molecule has 0 aliphatic heterocycles. The highest BCUT2D eigenvalue weighted by Crippen LogP contribution is 2.30.